The second-order valence-corrected chi connectivity index (χ2v) is 12.5. The lowest BCUT2D eigenvalue weighted by Crippen LogP contribution is -2.50. The van der Waals surface area contributed by atoms with Crippen molar-refractivity contribution >= 4 is 21.4 Å². The van der Waals surface area contributed by atoms with Crippen LogP contribution in [0.15, 0.2) is 77.7 Å². The minimum Gasteiger partial charge on any atom is -0.497 e. The number of methoxy groups -OCH3 is 1. The highest BCUT2D eigenvalue weighted by Gasteiger charge is 2.26. The highest BCUT2D eigenvalue weighted by Crippen LogP contribution is 2.29. The summed E-state index contributed by atoms with van der Waals surface area (Å²) in [6.45, 7) is 9.85. The summed E-state index contributed by atoms with van der Waals surface area (Å²) in [4.78, 5) is 7.98. The Morgan fingerprint density at radius 1 is 0.925 bits per heavy atom. The van der Waals surface area contributed by atoms with Crippen molar-refractivity contribution < 1.29 is 13.2 Å². The molecule has 7 nitrogen and oxygen atoms in total. The van der Waals surface area contributed by atoms with Crippen molar-refractivity contribution in [2.45, 2.75) is 43.5 Å². The maximum atomic E-state index is 13.0. The van der Waals surface area contributed by atoms with Gasteiger partial charge in [0.15, 0.2) is 0 Å². The normalized spacial score (nSPS) is 18.0. The van der Waals surface area contributed by atoms with E-state index < -0.39 is 10.0 Å². The van der Waals surface area contributed by atoms with Gasteiger partial charge in [-0.2, -0.15) is 0 Å². The number of nitrogens with one attached hydrogen (secondary N) is 1. The summed E-state index contributed by atoms with van der Waals surface area (Å²) in [5.74, 6) is 0.629. The van der Waals surface area contributed by atoms with Crippen molar-refractivity contribution in [3.05, 3.63) is 83.9 Å². The number of piperazine rings is 1. The van der Waals surface area contributed by atoms with Crippen LogP contribution in [-0.2, 0) is 22.9 Å². The second-order valence-electron chi connectivity index (χ2n) is 10.9. The lowest BCUT2D eigenvalue weighted by Gasteiger charge is -2.39. The van der Waals surface area contributed by atoms with E-state index in [0.29, 0.717) is 17.5 Å². The molecule has 0 amide bonds. The van der Waals surface area contributed by atoms with Crippen LogP contribution < -0.4 is 14.4 Å². The molecule has 40 heavy (non-hydrogen) atoms. The van der Waals surface area contributed by atoms with Gasteiger partial charge in [0.25, 0.3) is 10.0 Å². The summed E-state index contributed by atoms with van der Waals surface area (Å²) in [5, 5.41) is 0. The van der Waals surface area contributed by atoms with Crippen LogP contribution in [0, 0.1) is 0 Å². The van der Waals surface area contributed by atoms with Crippen LogP contribution in [0.25, 0.3) is 0 Å². The number of ether oxygens (including phenoxy) is 1. The van der Waals surface area contributed by atoms with Gasteiger partial charge in [-0.3, -0.25) is 14.5 Å². The molecule has 1 saturated heterocycles. The summed E-state index contributed by atoms with van der Waals surface area (Å²) in [6.07, 6.45) is 4.26. The number of nitrogens with zero attached hydrogens (tertiary/aromatic N) is 3. The smallest absolute Gasteiger partial charge is 0.261 e. The van der Waals surface area contributed by atoms with E-state index in [4.69, 9.17) is 4.74 Å². The van der Waals surface area contributed by atoms with E-state index in [9.17, 15) is 8.42 Å². The third-order valence-electron chi connectivity index (χ3n) is 8.25. The van der Waals surface area contributed by atoms with Crippen LogP contribution in [0.2, 0.25) is 0 Å². The van der Waals surface area contributed by atoms with Gasteiger partial charge in [-0.1, -0.05) is 31.2 Å². The first kappa shape index (κ1) is 28.5. The fourth-order valence-electron chi connectivity index (χ4n) is 5.98. The molecule has 0 bridgehead atoms. The summed E-state index contributed by atoms with van der Waals surface area (Å²) in [5.41, 5.74) is 4.52. The Morgan fingerprint density at radius 2 is 1.68 bits per heavy atom. The summed E-state index contributed by atoms with van der Waals surface area (Å²) in [6, 6.07) is 23.7. The van der Waals surface area contributed by atoms with E-state index in [1.54, 1.807) is 31.4 Å². The first-order valence-electron chi connectivity index (χ1n) is 14.5. The number of rotatable bonds is 11. The van der Waals surface area contributed by atoms with E-state index in [2.05, 4.69) is 62.7 Å². The van der Waals surface area contributed by atoms with Crippen molar-refractivity contribution in [3.63, 3.8) is 0 Å². The third-order valence-corrected chi connectivity index (χ3v) is 9.65. The highest BCUT2D eigenvalue weighted by molar-refractivity contribution is 7.92. The topological polar surface area (TPSA) is 65.1 Å². The van der Waals surface area contributed by atoms with Gasteiger partial charge in [-0.15, -0.1) is 0 Å². The van der Waals surface area contributed by atoms with Gasteiger partial charge < -0.3 is 9.64 Å². The number of fused-ring (bicyclic) bond motifs is 1. The van der Waals surface area contributed by atoms with Crippen LogP contribution in [0.3, 0.4) is 0 Å². The summed E-state index contributed by atoms with van der Waals surface area (Å²) in [7, 11) is -2.10. The Balaban J connectivity index is 1.18. The van der Waals surface area contributed by atoms with E-state index in [0.717, 1.165) is 71.5 Å². The molecule has 3 aromatic carbocycles. The Labute approximate surface area is 239 Å². The van der Waals surface area contributed by atoms with Gasteiger partial charge in [0.05, 0.1) is 12.0 Å². The Morgan fingerprint density at radius 3 is 2.38 bits per heavy atom. The number of sulfonamides is 1. The molecule has 1 N–H and O–H groups in total. The number of aryl methyl sites for hydroxylation is 1. The van der Waals surface area contributed by atoms with Crippen LogP contribution in [-0.4, -0.2) is 77.2 Å². The fourth-order valence-corrected chi connectivity index (χ4v) is 7.03. The predicted octanol–water partition coefficient (Wildman–Crippen LogP) is 4.89. The second kappa shape index (κ2) is 13.1. The Hall–Kier alpha value is -3.07. The van der Waals surface area contributed by atoms with Crippen LogP contribution in [0.1, 0.15) is 30.9 Å². The van der Waals surface area contributed by atoms with Gasteiger partial charge in [0, 0.05) is 56.7 Å². The van der Waals surface area contributed by atoms with Crippen molar-refractivity contribution in [2.24, 2.45) is 0 Å². The lowest BCUT2D eigenvalue weighted by molar-refractivity contribution is 0.145. The standard InChI is InChI=1S/C32H42N4O3S/c1-3-17-35(21-18-34-19-22-36(23-20-34)29-7-5-4-6-8-29)30-12-10-26-9-11-28(24-27(26)25-30)33-40(37,38)32-15-13-31(39-2)14-16-32/h4-9,11,13-16,24,30,33H,3,10,12,17-23,25H2,1-2H3. The van der Waals surface area contributed by atoms with Crippen LogP contribution in [0.5, 0.6) is 5.75 Å². The quantitative estimate of drug-likeness (QED) is 0.359. The molecular formula is C32H42N4O3S. The SMILES string of the molecule is CCCN(CCN1CCN(c2ccccc2)CC1)C1CCc2ccc(NS(=O)(=O)c3ccc(OC)cc3)cc2C1. The number of benzene rings is 3. The molecule has 1 heterocycles. The molecule has 1 aliphatic carbocycles. The van der Waals surface area contributed by atoms with Crippen molar-refractivity contribution in [3.8, 4) is 5.75 Å². The van der Waals surface area contributed by atoms with E-state index >= 15 is 0 Å². The molecule has 5 rings (SSSR count). The molecule has 0 spiro atoms. The van der Waals surface area contributed by atoms with E-state index in [1.807, 2.05) is 12.1 Å². The predicted molar refractivity (Wildman–Crippen MR) is 163 cm³/mol. The van der Waals surface area contributed by atoms with Gasteiger partial charge in [-0.05, 0) is 91.9 Å². The molecule has 1 unspecified atom stereocenters. The first-order valence-corrected chi connectivity index (χ1v) is 16.0. The number of para-hydroxylation sites is 1. The molecule has 2 aliphatic rings. The Bertz CT molecular complexity index is 1340. The zero-order valence-electron chi connectivity index (χ0n) is 23.8. The Kier molecular flexibility index (Phi) is 9.29. The summed E-state index contributed by atoms with van der Waals surface area (Å²) >= 11 is 0. The molecule has 8 heteroatoms. The molecular weight excluding hydrogens is 520 g/mol. The molecule has 0 radical (unpaired) electrons. The average molecular weight is 563 g/mol. The zero-order valence-corrected chi connectivity index (χ0v) is 24.6. The van der Waals surface area contributed by atoms with Crippen molar-refractivity contribution in [1.82, 2.24) is 9.80 Å². The largest absolute Gasteiger partial charge is 0.497 e. The summed E-state index contributed by atoms with van der Waals surface area (Å²) < 4.78 is 33.9. The van der Waals surface area contributed by atoms with Gasteiger partial charge in [0.1, 0.15) is 5.75 Å². The average Bonchev–Trinajstić information content (AvgIpc) is 2.99. The molecule has 3 aromatic rings. The van der Waals surface area contributed by atoms with Crippen LogP contribution in [0.4, 0.5) is 11.4 Å². The van der Waals surface area contributed by atoms with E-state index in [-0.39, 0.29) is 4.90 Å². The van der Waals surface area contributed by atoms with Gasteiger partial charge in [-0.25, -0.2) is 8.42 Å². The molecule has 214 valence electrons. The molecule has 0 aromatic heterocycles. The van der Waals surface area contributed by atoms with E-state index in [1.165, 1.54) is 16.8 Å². The zero-order chi connectivity index (χ0) is 28.0. The lowest BCUT2D eigenvalue weighted by atomic mass is 9.87. The number of hydrogen-bond donors (Lipinski definition) is 1. The highest BCUT2D eigenvalue weighted by atomic mass is 32.2. The van der Waals surface area contributed by atoms with Gasteiger partial charge >= 0.3 is 0 Å². The fraction of sp³-hybridized carbons (Fsp3) is 0.438. The third kappa shape index (κ3) is 6.97. The molecule has 1 aliphatic heterocycles. The van der Waals surface area contributed by atoms with Gasteiger partial charge in [0.2, 0.25) is 0 Å². The minimum atomic E-state index is -3.67. The maximum Gasteiger partial charge on any atom is 0.261 e. The molecule has 1 atom stereocenters. The van der Waals surface area contributed by atoms with Crippen molar-refractivity contribution in [1.29, 1.82) is 0 Å². The number of anilines is 2. The number of hydrogen-bond acceptors (Lipinski definition) is 6. The minimum absolute atomic E-state index is 0.225. The monoisotopic (exact) mass is 562 g/mol. The van der Waals surface area contributed by atoms with Crippen molar-refractivity contribution in [2.75, 3.05) is 62.5 Å². The molecule has 0 saturated carbocycles. The first-order chi connectivity index (χ1) is 19.4. The maximum absolute atomic E-state index is 13.0. The molecule has 1 fully saturated rings. The van der Waals surface area contributed by atoms with Crippen LogP contribution >= 0.6 is 0 Å².